The molecule has 0 aromatic carbocycles. The lowest BCUT2D eigenvalue weighted by Gasteiger charge is -2.21. The smallest absolute Gasteiger partial charge is 0.191 e. The minimum absolute atomic E-state index is 0. The molecule has 1 saturated carbocycles. The second kappa shape index (κ2) is 9.72. The monoisotopic (exact) mass is 437 g/mol. The predicted molar refractivity (Wildman–Crippen MR) is 105 cm³/mol. The first kappa shape index (κ1) is 19.7. The van der Waals surface area contributed by atoms with E-state index in [0.717, 1.165) is 30.5 Å². The number of halogens is 1. The summed E-state index contributed by atoms with van der Waals surface area (Å²) in [6.07, 6.45) is 5.34. The molecule has 0 spiro atoms. The maximum atomic E-state index is 10.5. The maximum Gasteiger partial charge on any atom is 0.191 e. The normalized spacial score (nSPS) is 17.5. The van der Waals surface area contributed by atoms with Gasteiger partial charge in [0.05, 0.1) is 6.54 Å². The van der Waals surface area contributed by atoms with Crippen LogP contribution in [0.5, 0.6) is 0 Å². The quantitative estimate of drug-likeness (QED) is 0.253. The van der Waals surface area contributed by atoms with E-state index in [4.69, 9.17) is 0 Å². The number of hydrogen-bond acceptors (Lipinski definition) is 3. The van der Waals surface area contributed by atoms with Gasteiger partial charge in [-0.05, 0) is 55.0 Å². The SMILES string of the molecule is CCNC(=NCC(C)(O)c1ccsc1)NCCCC1CC1.I. The number of aliphatic hydroxyl groups is 1. The molecule has 0 amide bonds. The molecule has 0 radical (unpaired) electrons. The van der Waals surface area contributed by atoms with Gasteiger partial charge >= 0.3 is 0 Å². The standard InChI is InChI=1S/C16H27N3OS.HI/c1-3-17-15(18-9-4-5-13-6-7-13)19-12-16(2,20)14-8-10-21-11-14;/h8,10-11,13,20H,3-7,9,12H2,1-2H3,(H2,17,18,19);1H. The molecule has 126 valence electrons. The molecular weight excluding hydrogens is 409 g/mol. The van der Waals surface area contributed by atoms with Crippen molar-refractivity contribution in [3.05, 3.63) is 22.4 Å². The van der Waals surface area contributed by atoms with Crippen LogP contribution in [0.4, 0.5) is 0 Å². The van der Waals surface area contributed by atoms with Crippen LogP contribution >= 0.6 is 35.3 Å². The van der Waals surface area contributed by atoms with Gasteiger partial charge in [-0.15, -0.1) is 24.0 Å². The zero-order chi connectivity index (χ0) is 15.1. The summed E-state index contributed by atoms with van der Waals surface area (Å²) in [5.74, 6) is 1.77. The van der Waals surface area contributed by atoms with Crippen LogP contribution in [0, 0.1) is 5.92 Å². The average molecular weight is 437 g/mol. The summed E-state index contributed by atoms with van der Waals surface area (Å²) in [6, 6.07) is 1.95. The Morgan fingerprint density at radius 1 is 1.45 bits per heavy atom. The van der Waals surface area contributed by atoms with Crippen LogP contribution in [0.25, 0.3) is 0 Å². The van der Waals surface area contributed by atoms with Gasteiger partial charge in [0.15, 0.2) is 5.96 Å². The molecule has 1 unspecified atom stereocenters. The second-order valence-electron chi connectivity index (χ2n) is 5.99. The lowest BCUT2D eigenvalue weighted by Crippen LogP contribution is -2.39. The first-order valence-corrected chi connectivity index (χ1v) is 8.83. The fourth-order valence-electron chi connectivity index (χ4n) is 2.24. The minimum atomic E-state index is -0.906. The third-order valence-corrected chi connectivity index (χ3v) is 4.49. The Bertz CT molecular complexity index is 444. The Labute approximate surface area is 154 Å². The molecule has 1 heterocycles. The van der Waals surface area contributed by atoms with E-state index >= 15 is 0 Å². The van der Waals surface area contributed by atoms with Gasteiger partial charge in [-0.3, -0.25) is 0 Å². The summed E-state index contributed by atoms with van der Waals surface area (Å²) < 4.78 is 0. The third kappa shape index (κ3) is 6.83. The Morgan fingerprint density at radius 3 is 2.82 bits per heavy atom. The van der Waals surface area contributed by atoms with E-state index in [1.54, 1.807) is 11.3 Å². The summed E-state index contributed by atoms with van der Waals surface area (Å²) in [6.45, 7) is 6.01. The fraction of sp³-hybridized carbons (Fsp3) is 0.688. The molecule has 0 saturated heterocycles. The Hall–Kier alpha value is -0.340. The summed E-state index contributed by atoms with van der Waals surface area (Å²) in [4.78, 5) is 4.52. The van der Waals surface area contributed by atoms with Crippen LogP contribution in [0.1, 0.15) is 45.1 Å². The van der Waals surface area contributed by atoms with E-state index in [1.165, 1.54) is 25.7 Å². The van der Waals surface area contributed by atoms with Crippen molar-refractivity contribution in [3.8, 4) is 0 Å². The van der Waals surface area contributed by atoms with Gasteiger partial charge in [-0.25, -0.2) is 4.99 Å². The van der Waals surface area contributed by atoms with E-state index in [-0.39, 0.29) is 24.0 Å². The first-order chi connectivity index (χ1) is 10.1. The number of thiophene rings is 1. The van der Waals surface area contributed by atoms with Gasteiger partial charge < -0.3 is 15.7 Å². The Kier molecular flexibility index (Phi) is 8.71. The van der Waals surface area contributed by atoms with Gasteiger partial charge in [-0.2, -0.15) is 11.3 Å². The average Bonchev–Trinajstić information content (AvgIpc) is 3.10. The molecule has 1 aliphatic rings. The summed E-state index contributed by atoms with van der Waals surface area (Å²) in [5, 5.41) is 21.0. The lowest BCUT2D eigenvalue weighted by molar-refractivity contribution is 0.0677. The van der Waals surface area contributed by atoms with Crippen LogP contribution < -0.4 is 10.6 Å². The highest BCUT2D eigenvalue weighted by atomic mass is 127. The predicted octanol–water partition coefficient (Wildman–Crippen LogP) is 3.32. The lowest BCUT2D eigenvalue weighted by atomic mass is 10.00. The van der Waals surface area contributed by atoms with Gasteiger partial charge in [-0.1, -0.05) is 12.8 Å². The number of guanidine groups is 1. The van der Waals surface area contributed by atoms with Crippen LogP contribution in [-0.2, 0) is 5.60 Å². The van der Waals surface area contributed by atoms with Crippen molar-refractivity contribution in [2.45, 2.75) is 45.1 Å². The maximum absolute atomic E-state index is 10.5. The van der Waals surface area contributed by atoms with Crippen LogP contribution in [0.2, 0.25) is 0 Å². The van der Waals surface area contributed by atoms with Crippen molar-refractivity contribution in [3.63, 3.8) is 0 Å². The molecule has 0 bridgehead atoms. The van der Waals surface area contributed by atoms with Gasteiger partial charge in [0.2, 0.25) is 0 Å². The molecule has 1 aliphatic carbocycles. The summed E-state index contributed by atoms with van der Waals surface area (Å²) in [7, 11) is 0. The topological polar surface area (TPSA) is 56.7 Å². The number of aliphatic imine (C=N–C) groups is 1. The van der Waals surface area contributed by atoms with E-state index in [0.29, 0.717) is 6.54 Å². The van der Waals surface area contributed by atoms with Crippen molar-refractivity contribution in [2.24, 2.45) is 10.9 Å². The van der Waals surface area contributed by atoms with Gasteiger partial charge in [0.1, 0.15) is 5.60 Å². The number of nitrogens with zero attached hydrogens (tertiary/aromatic N) is 1. The number of nitrogens with one attached hydrogen (secondary N) is 2. The molecule has 1 aromatic heterocycles. The highest BCUT2D eigenvalue weighted by Gasteiger charge is 2.23. The summed E-state index contributed by atoms with van der Waals surface area (Å²) >= 11 is 1.60. The first-order valence-electron chi connectivity index (χ1n) is 7.89. The molecule has 22 heavy (non-hydrogen) atoms. The Morgan fingerprint density at radius 2 is 2.23 bits per heavy atom. The van der Waals surface area contributed by atoms with Crippen LogP contribution in [0.15, 0.2) is 21.8 Å². The minimum Gasteiger partial charge on any atom is -0.383 e. The molecule has 1 aromatic rings. The molecule has 3 N–H and O–H groups in total. The molecule has 0 aliphatic heterocycles. The van der Waals surface area contributed by atoms with E-state index < -0.39 is 5.60 Å². The number of hydrogen-bond donors (Lipinski definition) is 3. The third-order valence-electron chi connectivity index (χ3n) is 3.81. The van der Waals surface area contributed by atoms with Crippen molar-refractivity contribution in [2.75, 3.05) is 19.6 Å². The molecule has 6 heteroatoms. The van der Waals surface area contributed by atoms with Crippen LogP contribution in [-0.4, -0.2) is 30.7 Å². The van der Waals surface area contributed by atoms with Gasteiger partial charge in [0, 0.05) is 13.1 Å². The van der Waals surface area contributed by atoms with E-state index in [9.17, 15) is 5.11 Å². The molecule has 2 rings (SSSR count). The van der Waals surface area contributed by atoms with Crippen molar-refractivity contribution in [1.29, 1.82) is 0 Å². The van der Waals surface area contributed by atoms with E-state index in [1.807, 2.05) is 23.8 Å². The fourth-order valence-corrected chi connectivity index (χ4v) is 3.02. The number of rotatable bonds is 8. The Balaban J connectivity index is 0.00000242. The van der Waals surface area contributed by atoms with Crippen molar-refractivity contribution < 1.29 is 5.11 Å². The largest absolute Gasteiger partial charge is 0.383 e. The van der Waals surface area contributed by atoms with Gasteiger partial charge in [0.25, 0.3) is 0 Å². The van der Waals surface area contributed by atoms with Crippen molar-refractivity contribution in [1.82, 2.24) is 10.6 Å². The molecular formula is C16H28IN3OS. The zero-order valence-corrected chi connectivity index (χ0v) is 16.6. The van der Waals surface area contributed by atoms with E-state index in [2.05, 4.69) is 22.5 Å². The second-order valence-corrected chi connectivity index (χ2v) is 6.77. The highest BCUT2D eigenvalue weighted by Crippen LogP contribution is 2.33. The van der Waals surface area contributed by atoms with Crippen LogP contribution in [0.3, 0.4) is 0 Å². The molecule has 4 nitrogen and oxygen atoms in total. The zero-order valence-electron chi connectivity index (χ0n) is 13.5. The summed E-state index contributed by atoms with van der Waals surface area (Å²) in [5.41, 5.74) is 0.0249. The van der Waals surface area contributed by atoms with Crippen molar-refractivity contribution >= 4 is 41.3 Å². The highest BCUT2D eigenvalue weighted by molar-refractivity contribution is 14.0. The molecule has 1 atom stereocenters. The molecule has 1 fully saturated rings.